The Morgan fingerprint density at radius 3 is 2.39 bits per heavy atom. The Hall–Kier alpha value is -2.08. The second kappa shape index (κ2) is 9.60. The molecule has 31 heavy (non-hydrogen) atoms. The number of halogens is 3. The summed E-state index contributed by atoms with van der Waals surface area (Å²) in [4.78, 5) is 12.2. The van der Waals surface area contributed by atoms with Gasteiger partial charge < -0.3 is 0 Å². The Bertz CT molecular complexity index is 907. The van der Waals surface area contributed by atoms with E-state index < -0.39 is 17.6 Å². The minimum atomic E-state index is -4.51. The molecule has 1 heterocycles. The Kier molecular flexibility index (Phi) is 7.30. The van der Waals surface area contributed by atoms with E-state index in [9.17, 15) is 18.0 Å². The van der Waals surface area contributed by atoms with Gasteiger partial charge in [-0.25, -0.2) is 5.01 Å². The van der Waals surface area contributed by atoms with Gasteiger partial charge in [0.2, 0.25) is 5.91 Å². The van der Waals surface area contributed by atoms with Crippen LogP contribution in [0.1, 0.15) is 76.5 Å². The number of alkyl halides is 3. The molecule has 0 aliphatic carbocycles. The summed E-state index contributed by atoms with van der Waals surface area (Å²) in [6, 6.07) is 9.07. The molecule has 6 heteroatoms. The largest absolute Gasteiger partial charge is 0.409 e. The van der Waals surface area contributed by atoms with Gasteiger partial charge in [-0.1, -0.05) is 69.4 Å². The van der Waals surface area contributed by atoms with Crippen molar-refractivity contribution in [3.8, 4) is 0 Å². The fourth-order valence-corrected chi connectivity index (χ4v) is 4.40. The van der Waals surface area contributed by atoms with Crippen LogP contribution in [0.15, 0.2) is 36.4 Å². The third-order valence-corrected chi connectivity index (χ3v) is 6.13. The monoisotopic (exact) mass is 434 g/mol. The van der Waals surface area contributed by atoms with Gasteiger partial charge in [-0.15, -0.1) is 0 Å². The van der Waals surface area contributed by atoms with Crippen molar-refractivity contribution in [2.45, 2.75) is 77.9 Å². The number of carbonyl (C=O) groups is 1. The number of carbonyl (C=O) groups excluding carboxylic acids is 1. The number of hydrogen-bond donors (Lipinski definition) is 1. The van der Waals surface area contributed by atoms with Gasteiger partial charge in [-0.2, -0.15) is 13.2 Å². The highest BCUT2D eigenvalue weighted by molar-refractivity contribution is 5.87. The van der Waals surface area contributed by atoms with Crippen LogP contribution >= 0.6 is 0 Å². The van der Waals surface area contributed by atoms with Crippen LogP contribution in [0.2, 0.25) is 0 Å². The predicted octanol–water partition coefficient (Wildman–Crippen LogP) is 6.72. The summed E-state index contributed by atoms with van der Waals surface area (Å²) in [5.41, 5.74) is 2.74. The fraction of sp³-hybridized carbons (Fsp3) is 0.560. The lowest BCUT2D eigenvalue weighted by molar-refractivity contribution is -0.191. The molecule has 170 valence electrons. The highest BCUT2D eigenvalue weighted by Crippen LogP contribution is 2.42. The van der Waals surface area contributed by atoms with Crippen LogP contribution in [0, 0.1) is 5.41 Å². The van der Waals surface area contributed by atoms with Crippen LogP contribution in [-0.4, -0.2) is 23.6 Å². The molecule has 3 rings (SSSR count). The Balaban J connectivity index is 1.91. The zero-order valence-corrected chi connectivity index (χ0v) is 18.7. The molecule has 2 aromatic rings. The smallest absolute Gasteiger partial charge is 0.287 e. The number of fused-ring (bicyclic) bond motifs is 1. The summed E-state index contributed by atoms with van der Waals surface area (Å²) >= 11 is 0. The summed E-state index contributed by atoms with van der Waals surface area (Å²) in [6.45, 7) is 5.52. The van der Waals surface area contributed by atoms with Crippen LogP contribution in [-0.2, 0) is 11.2 Å². The molecule has 0 aromatic heterocycles. The van der Waals surface area contributed by atoms with Crippen molar-refractivity contribution in [2.75, 3.05) is 6.54 Å². The van der Waals surface area contributed by atoms with Crippen molar-refractivity contribution >= 4 is 16.7 Å². The maximum absolute atomic E-state index is 14.2. The predicted molar refractivity (Wildman–Crippen MR) is 118 cm³/mol. The van der Waals surface area contributed by atoms with E-state index in [1.807, 2.05) is 24.3 Å². The van der Waals surface area contributed by atoms with Gasteiger partial charge in [-0.05, 0) is 54.7 Å². The number of benzene rings is 2. The molecule has 1 atom stereocenters. The minimum Gasteiger partial charge on any atom is -0.287 e. The van der Waals surface area contributed by atoms with Gasteiger partial charge in [0.15, 0.2) is 0 Å². The van der Waals surface area contributed by atoms with E-state index in [1.165, 1.54) is 19.3 Å². The third-order valence-electron chi connectivity index (χ3n) is 6.13. The number of unbranched alkanes of at least 4 members (excludes halogenated alkanes) is 5. The van der Waals surface area contributed by atoms with Crippen LogP contribution in [0.3, 0.4) is 0 Å². The number of hydrazine groups is 1. The van der Waals surface area contributed by atoms with Crippen LogP contribution in [0.4, 0.5) is 13.2 Å². The van der Waals surface area contributed by atoms with Crippen LogP contribution in [0.25, 0.3) is 10.8 Å². The van der Waals surface area contributed by atoms with Gasteiger partial charge >= 0.3 is 6.18 Å². The van der Waals surface area contributed by atoms with Crippen molar-refractivity contribution in [1.82, 2.24) is 10.4 Å². The quantitative estimate of drug-likeness (QED) is 0.444. The normalized spacial score (nSPS) is 17.8. The average molecular weight is 435 g/mol. The lowest BCUT2D eigenvalue weighted by atomic mass is 9.92. The van der Waals surface area contributed by atoms with Gasteiger partial charge in [0.1, 0.15) is 6.04 Å². The molecule has 1 fully saturated rings. The van der Waals surface area contributed by atoms with E-state index in [0.29, 0.717) is 0 Å². The molecular formula is C25H33F3N2O. The highest BCUT2D eigenvalue weighted by atomic mass is 19.4. The van der Waals surface area contributed by atoms with Crippen molar-refractivity contribution < 1.29 is 18.0 Å². The molecule has 0 saturated carbocycles. The molecule has 1 saturated heterocycles. The van der Waals surface area contributed by atoms with Crippen molar-refractivity contribution in [3.63, 3.8) is 0 Å². The molecule has 0 radical (unpaired) electrons. The summed E-state index contributed by atoms with van der Waals surface area (Å²) in [5.74, 6) is -0.380. The zero-order valence-electron chi connectivity index (χ0n) is 18.7. The molecule has 2 aromatic carbocycles. The SMILES string of the molecule is CCCCCCCCc1cc([C@H](N2CC(C)(C)C(=O)N2)C(F)(F)F)cc2ccccc12. The summed E-state index contributed by atoms with van der Waals surface area (Å²) in [6.07, 6.45) is 3.07. The maximum atomic E-state index is 14.2. The average Bonchev–Trinajstić information content (AvgIpc) is 2.95. The first kappa shape index (κ1) is 23.6. The highest BCUT2D eigenvalue weighted by Gasteiger charge is 2.51. The van der Waals surface area contributed by atoms with Crippen LogP contribution in [0.5, 0.6) is 0 Å². The second-order valence-corrected chi connectivity index (χ2v) is 9.32. The zero-order chi connectivity index (χ0) is 22.6. The van der Waals surface area contributed by atoms with E-state index in [1.54, 1.807) is 26.0 Å². The molecule has 1 aliphatic heterocycles. The molecule has 1 N–H and O–H groups in total. The molecule has 0 spiro atoms. The summed E-state index contributed by atoms with van der Waals surface area (Å²) in [5, 5.41) is 2.87. The van der Waals surface area contributed by atoms with Gasteiger partial charge in [-0.3, -0.25) is 10.2 Å². The summed E-state index contributed by atoms with van der Waals surface area (Å²) in [7, 11) is 0. The van der Waals surface area contributed by atoms with Crippen molar-refractivity contribution in [3.05, 3.63) is 47.5 Å². The van der Waals surface area contributed by atoms with Gasteiger partial charge in [0, 0.05) is 6.54 Å². The molecule has 0 bridgehead atoms. The van der Waals surface area contributed by atoms with E-state index in [0.717, 1.165) is 47.0 Å². The fourth-order valence-electron chi connectivity index (χ4n) is 4.40. The molecular weight excluding hydrogens is 401 g/mol. The first-order valence-electron chi connectivity index (χ1n) is 11.3. The van der Waals surface area contributed by atoms with Crippen LogP contribution < -0.4 is 5.43 Å². The summed E-state index contributed by atoms with van der Waals surface area (Å²) < 4.78 is 42.6. The van der Waals surface area contributed by atoms with E-state index in [2.05, 4.69) is 12.3 Å². The number of aryl methyl sites for hydroxylation is 1. The van der Waals surface area contributed by atoms with E-state index >= 15 is 0 Å². The number of nitrogens with zero attached hydrogens (tertiary/aromatic N) is 1. The minimum absolute atomic E-state index is 0.00952. The first-order valence-corrected chi connectivity index (χ1v) is 11.3. The number of amides is 1. The third kappa shape index (κ3) is 5.59. The van der Waals surface area contributed by atoms with Gasteiger partial charge in [0.05, 0.1) is 5.41 Å². The second-order valence-electron chi connectivity index (χ2n) is 9.32. The Labute approximate surface area is 183 Å². The van der Waals surface area contributed by atoms with Gasteiger partial charge in [0.25, 0.3) is 0 Å². The molecule has 1 amide bonds. The first-order chi connectivity index (χ1) is 14.6. The lowest BCUT2D eigenvalue weighted by Crippen LogP contribution is -2.43. The Morgan fingerprint density at radius 2 is 1.74 bits per heavy atom. The van der Waals surface area contributed by atoms with E-state index in [-0.39, 0.29) is 18.0 Å². The van der Waals surface area contributed by atoms with E-state index in [4.69, 9.17) is 0 Å². The standard InChI is InChI=1S/C25H33F3N2O/c1-4-5-6-7-8-9-12-18-15-20(16-19-13-10-11-14-21(18)19)22(25(26,27)28)30-17-24(2,3)23(31)29-30/h10-11,13-16,22H,4-9,12,17H2,1-3H3,(H,29,31)/t22-/m0/s1. The number of rotatable bonds is 9. The number of nitrogens with one attached hydrogen (secondary N) is 1. The topological polar surface area (TPSA) is 32.3 Å². The molecule has 3 nitrogen and oxygen atoms in total. The molecule has 1 aliphatic rings. The maximum Gasteiger partial charge on any atom is 0.409 e. The number of hydrogen-bond acceptors (Lipinski definition) is 2. The lowest BCUT2D eigenvalue weighted by Gasteiger charge is -2.30. The van der Waals surface area contributed by atoms with Crippen molar-refractivity contribution in [2.24, 2.45) is 5.41 Å². The molecule has 0 unspecified atom stereocenters. The Morgan fingerprint density at radius 1 is 1.06 bits per heavy atom. The van der Waals surface area contributed by atoms with Crippen molar-refractivity contribution in [1.29, 1.82) is 0 Å².